The maximum Gasteiger partial charge on any atom is 0.260 e. The Labute approximate surface area is 178 Å². The lowest BCUT2D eigenvalue weighted by atomic mass is 10.2. The topological polar surface area (TPSA) is 45.7 Å². The molecule has 0 aliphatic heterocycles. The first-order chi connectivity index (χ1) is 13.5. The molecule has 148 valence electrons. The van der Waals surface area contributed by atoms with Crippen LogP contribution in [0.3, 0.4) is 0 Å². The van der Waals surface area contributed by atoms with E-state index in [9.17, 15) is 4.79 Å². The van der Waals surface area contributed by atoms with E-state index in [0.717, 1.165) is 40.1 Å². The molecule has 0 aliphatic rings. The Kier molecular flexibility index (Phi) is 7.04. The molecule has 0 fully saturated rings. The van der Waals surface area contributed by atoms with Crippen LogP contribution in [0.1, 0.15) is 24.2 Å². The van der Waals surface area contributed by atoms with Gasteiger partial charge < -0.3 is 9.64 Å². The van der Waals surface area contributed by atoms with Gasteiger partial charge in [-0.1, -0.05) is 41.1 Å². The number of carbonyl (C=O) groups excluding carboxylic acids is 1. The van der Waals surface area contributed by atoms with Gasteiger partial charge in [-0.2, -0.15) is 0 Å². The number of aromatic nitrogens is 1. The van der Waals surface area contributed by atoms with Gasteiger partial charge in [0.15, 0.2) is 5.13 Å². The molecule has 3 aromatic rings. The molecule has 0 unspecified atom stereocenters. The molecule has 0 spiro atoms. The van der Waals surface area contributed by atoms with Crippen LogP contribution >= 0.6 is 27.3 Å². The number of rotatable bonds is 8. The largest absolute Gasteiger partial charge is 0.497 e. The number of ether oxygens (including phenoxy) is 1. The van der Waals surface area contributed by atoms with E-state index in [2.05, 4.69) is 34.7 Å². The van der Waals surface area contributed by atoms with Gasteiger partial charge in [-0.15, -0.1) is 0 Å². The molecule has 28 heavy (non-hydrogen) atoms. The van der Waals surface area contributed by atoms with E-state index >= 15 is 0 Å². The highest BCUT2D eigenvalue weighted by Gasteiger charge is 2.22. The van der Waals surface area contributed by atoms with Gasteiger partial charge in [-0.05, 0) is 55.6 Å². The fourth-order valence-electron chi connectivity index (χ4n) is 2.95. The first-order valence-electron chi connectivity index (χ1n) is 9.30. The number of thiazole rings is 1. The van der Waals surface area contributed by atoms with Crippen molar-refractivity contribution in [2.75, 3.05) is 38.2 Å². The number of amides is 1. The Morgan fingerprint density at radius 2 is 1.82 bits per heavy atom. The van der Waals surface area contributed by atoms with Crippen molar-refractivity contribution in [2.24, 2.45) is 0 Å². The number of nitrogens with zero attached hydrogens (tertiary/aromatic N) is 3. The van der Waals surface area contributed by atoms with Crippen LogP contribution in [-0.4, -0.2) is 49.1 Å². The molecule has 0 saturated heterocycles. The molecule has 0 atom stereocenters. The van der Waals surface area contributed by atoms with Gasteiger partial charge in [0.2, 0.25) is 0 Å². The minimum atomic E-state index is -0.0364. The van der Waals surface area contributed by atoms with Crippen molar-refractivity contribution in [1.29, 1.82) is 0 Å². The number of methoxy groups -OCH3 is 1. The summed E-state index contributed by atoms with van der Waals surface area (Å²) in [5, 5.41) is 0.711. The fraction of sp³-hybridized carbons (Fsp3) is 0.333. The van der Waals surface area contributed by atoms with Crippen LogP contribution in [0, 0.1) is 0 Å². The van der Waals surface area contributed by atoms with Crippen LogP contribution in [0.15, 0.2) is 46.9 Å². The van der Waals surface area contributed by atoms with E-state index in [1.54, 1.807) is 12.0 Å². The number of hydrogen-bond donors (Lipinski definition) is 0. The summed E-state index contributed by atoms with van der Waals surface area (Å²) < 4.78 is 7.27. The molecule has 2 aromatic carbocycles. The maximum absolute atomic E-state index is 13.3. The van der Waals surface area contributed by atoms with Crippen LogP contribution in [0.25, 0.3) is 10.2 Å². The molecule has 0 radical (unpaired) electrons. The van der Waals surface area contributed by atoms with E-state index in [-0.39, 0.29) is 5.91 Å². The molecule has 0 aliphatic carbocycles. The third kappa shape index (κ3) is 4.71. The first-order valence-corrected chi connectivity index (χ1v) is 10.9. The van der Waals surface area contributed by atoms with E-state index in [1.165, 1.54) is 11.3 Å². The Morgan fingerprint density at radius 1 is 1.11 bits per heavy atom. The summed E-state index contributed by atoms with van der Waals surface area (Å²) in [6, 6.07) is 13.2. The maximum atomic E-state index is 13.3. The minimum Gasteiger partial charge on any atom is -0.497 e. The van der Waals surface area contributed by atoms with Crippen molar-refractivity contribution in [2.45, 2.75) is 13.8 Å². The molecule has 0 bridgehead atoms. The van der Waals surface area contributed by atoms with Gasteiger partial charge >= 0.3 is 0 Å². The zero-order chi connectivity index (χ0) is 20.1. The lowest BCUT2D eigenvalue weighted by Gasteiger charge is -2.24. The van der Waals surface area contributed by atoms with Crippen LogP contribution < -0.4 is 9.64 Å². The summed E-state index contributed by atoms with van der Waals surface area (Å²) in [6.45, 7) is 7.56. The summed E-state index contributed by atoms with van der Waals surface area (Å²) >= 11 is 4.94. The average molecular weight is 462 g/mol. The van der Waals surface area contributed by atoms with Gasteiger partial charge in [-0.25, -0.2) is 4.98 Å². The van der Waals surface area contributed by atoms with Gasteiger partial charge in [0, 0.05) is 23.1 Å². The molecule has 1 heterocycles. The number of halogens is 1. The Bertz CT molecular complexity index is 938. The molecule has 5 nitrogen and oxygen atoms in total. The highest BCUT2D eigenvalue weighted by atomic mass is 79.9. The Balaban J connectivity index is 1.94. The number of hydrogen-bond acceptors (Lipinski definition) is 5. The van der Waals surface area contributed by atoms with Crippen molar-refractivity contribution in [1.82, 2.24) is 9.88 Å². The van der Waals surface area contributed by atoms with Crippen LogP contribution in [0.4, 0.5) is 5.13 Å². The minimum absolute atomic E-state index is 0.0364. The molecule has 0 saturated carbocycles. The van der Waals surface area contributed by atoms with Crippen molar-refractivity contribution < 1.29 is 9.53 Å². The first kappa shape index (κ1) is 20.8. The summed E-state index contributed by atoms with van der Waals surface area (Å²) in [5.74, 6) is 0.752. The number of benzene rings is 2. The quantitative estimate of drug-likeness (QED) is 0.470. The van der Waals surface area contributed by atoms with E-state index in [0.29, 0.717) is 17.2 Å². The number of fused-ring (bicyclic) bond motifs is 1. The predicted octanol–water partition coefficient (Wildman–Crippen LogP) is 5.06. The normalized spacial score (nSPS) is 11.2. The second-order valence-electron chi connectivity index (χ2n) is 6.32. The molecular weight excluding hydrogens is 438 g/mol. The highest BCUT2D eigenvalue weighted by Crippen LogP contribution is 2.32. The van der Waals surface area contributed by atoms with E-state index < -0.39 is 0 Å². The molecule has 7 heteroatoms. The highest BCUT2D eigenvalue weighted by molar-refractivity contribution is 9.10. The lowest BCUT2D eigenvalue weighted by Crippen LogP contribution is -2.38. The van der Waals surface area contributed by atoms with Crippen molar-refractivity contribution in [3.8, 4) is 5.75 Å². The van der Waals surface area contributed by atoms with Crippen LogP contribution in [0.5, 0.6) is 5.75 Å². The van der Waals surface area contributed by atoms with Crippen molar-refractivity contribution in [3.63, 3.8) is 0 Å². The fourth-order valence-corrected chi connectivity index (χ4v) is 4.23. The molecule has 1 aromatic heterocycles. The predicted molar refractivity (Wildman–Crippen MR) is 120 cm³/mol. The third-order valence-corrected chi connectivity index (χ3v) is 6.26. The summed E-state index contributed by atoms with van der Waals surface area (Å²) in [5.41, 5.74) is 1.52. The smallest absolute Gasteiger partial charge is 0.260 e. The summed E-state index contributed by atoms with van der Waals surface area (Å²) in [7, 11) is 1.65. The van der Waals surface area contributed by atoms with E-state index in [4.69, 9.17) is 9.72 Å². The van der Waals surface area contributed by atoms with Crippen molar-refractivity contribution >= 4 is 48.5 Å². The second-order valence-corrected chi connectivity index (χ2v) is 8.25. The Hall–Kier alpha value is -1.96. The summed E-state index contributed by atoms with van der Waals surface area (Å²) in [4.78, 5) is 22.1. The molecular formula is C21H24BrN3O2S. The second kappa shape index (κ2) is 9.49. The lowest BCUT2D eigenvalue weighted by molar-refractivity contribution is 0.0984. The zero-order valence-corrected chi connectivity index (χ0v) is 18.7. The monoisotopic (exact) mass is 461 g/mol. The number of anilines is 1. The van der Waals surface area contributed by atoms with Crippen LogP contribution in [-0.2, 0) is 0 Å². The number of carbonyl (C=O) groups is 1. The van der Waals surface area contributed by atoms with Gasteiger partial charge in [0.25, 0.3) is 5.91 Å². The van der Waals surface area contributed by atoms with Gasteiger partial charge in [0.05, 0.1) is 17.3 Å². The van der Waals surface area contributed by atoms with Crippen LogP contribution in [0.2, 0.25) is 0 Å². The van der Waals surface area contributed by atoms with E-state index in [1.807, 2.05) is 42.5 Å². The SMILES string of the molecule is CCN(CC)CCN(C(=O)c1ccc(Br)cc1)c1nc2ccc(OC)cc2s1. The Morgan fingerprint density at radius 3 is 2.46 bits per heavy atom. The van der Waals surface area contributed by atoms with Gasteiger partial charge in [0.1, 0.15) is 5.75 Å². The number of likely N-dealkylation sites (N-methyl/N-ethyl adjacent to an activating group) is 1. The standard InChI is InChI=1S/C21H24BrN3O2S/c1-4-24(5-2)12-13-25(20(26)15-6-8-16(22)9-7-15)21-23-18-11-10-17(27-3)14-19(18)28-21/h6-11,14H,4-5,12-13H2,1-3H3. The molecule has 3 rings (SSSR count). The van der Waals surface area contributed by atoms with Gasteiger partial charge in [-0.3, -0.25) is 9.69 Å². The van der Waals surface area contributed by atoms with Crippen molar-refractivity contribution in [3.05, 3.63) is 52.5 Å². The average Bonchev–Trinajstić information content (AvgIpc) is 3.14. The third-order valence-electron chi connectivity index (χ3n) is 4.69. The summed E-state index contributed by atoms with van der Waals surface area (Å²) in [6.07, 6.45) is 0. The molecule has 1 amide bonds. The zero-order valence-electron chi connectivity index (χ0n) is 16.3. The molecule has 0 N–H and O–H groups in total.